The Labute approximate surface area is 87.2 Å². The predicted octanol–water partition coefficient (Wildman–Crippen LogP) is 0.973. The van der Waals surface area contributed by atoms with Gasteiger partial charge in [-0.05, 0) is 30.7 Å². The Balaban J connectivity index is 2.66. The minimum Gasteiger partial charge on any atom is -0.481 e. The van der Waals surface area contributed by atoms with Gasteiger partial charge in [-0.2, -0.15) is 0 Å². The topological polar surface area (TPSA) is 64.3 Å². The number of nitrogens with two attached hydrogens (primary N) is 1. The molecule has 0 saturated carbocycles. The summed E-state index contributed by atoms with van der Waals surface area (Å²) in [5, 5.41) is 0. The highest BCUT2D eigenvalue weighted by molar-refractivity contribution is 5.80. The highest BCUT2D eigenvalue weighted by Gasteiger charge is 2.16. The Morgan fingerprint density at radius 1 is 1.53 bits per heavy atom. The van der Waals surface area contributed by atoms with Gasteiger partial charge in [-0.3, -0.25) is 10.2 Å². The summed E-state index contributed by atoms with van der Waals surface area (Å²) in [4.78, 5) is 11.2. The van der Waals surface area contributed by atoms with Gasteiger partial charge in [0.25, 0.3) is 5.91 Å². The summed E-state index contributed by atoms with van der Waals surface area (Å²) in [6.45, 7) is 1.80. The first-order valence-corrected chi connectivity index (χ1v) is 4.60. The Kier molecular flexibility index (Phi) is 4.05. The molecule has 0 bridgehead atoms. The van der Waals surface area contributed by atoms with Gasteiger partial charge < -0.3 is 4.74 Å². The fourth-order valence-electron chi connectivity index (χ4n) is 1.09. The van der Waals surface area contributed by atoms with Crippen LogP contribution in [0.2, 0.25) is 0 Å². The van der Waals surface area contributed by atoms with Crippen LogP contribution in [-0.2, 0) is 4.79 Å². The van der Waals surface area contributed by atoms with Crippen molar-refractivity contribution in [3.05, 3.63) is 30.1 Å². The molecule has 0 radical (unpaired) electrons. The minimum atomic E-state index is -0.652. The fraction of sp³-hybridized carbons (Fsp3) is 0.300. The van der Waals surface area contributed by atoms with Crippen molar-refractivity contribution in [2.45, 2.75) is 19.4 Å². The molecule has 0 heterocycles. The molecular weight excluding hydrogens is 199 g/mol. The van der Waals surface area contributed by atoms with E-state index in [1.807, 2.05) is 5.43 Å². The molecule has 0 aliphatic rings. The van der Waals surface area contributed by atoms with Gasteiger partial charge in [0.15, 0.2) is 6.10 Å². The number of benzene rings is 1. The van der Waals surface area contributed by atoms with Crippen molar-refractivity contribution in [2.75, 3.05) is 0 Å². The molecule has 3 N–H and O–H groups in total. The molecule has 0 aliphatic carbocycles. The van der Waals surface area contributed by atoms with E-state index in [4.69, 9.17) is 10.6 Å². The molecular formula is C10H13FN2O2. The normalized spacial score (nSPS) is 11.9. The Morgan fingerprint density at radius 3 is 2.60 bits per heavy atom. The fourth-order valence-corrected chi connectivity index (χ4v) is 1.09. The maximum Gasteiger partial charge on any atom is 0.274 e. The number of ether oxygens (including phenoxy) is 1. The molecule has 0 saturated heterocycles. The van der Waals surface area contributed by atoms with Crippen molar-refractivity contribution in [3.63, 3.8) is 0 Å². The van der Waals surface area contributed by atoms with Crippen molar-refractivity contribution in [1.82, 2.24) is 5.43 Å². The Hall–Kier alpha value is -1.62. The molecule has 0 unspecified atom stereocenters. The number of hydrogen-bond donors (Lipinski definition) is 2. The van der Waals surface area contributed by atoms with E-state index in [2.05, 4.69) is 0 Å². The average Bonchev–Trinajstić information content (AvgIpc) is 2.27. The molecule has 4 nitrogen and oxygen atoms in total. The van der Waals surface area contributed by atoms with Gasteiger partial charge in [0.1, 0.15) is 11.6 Å². The van der Waals surface area contributed by atoms with E-state index >= 15 is 0 Å². The highest BCUT2D eigenvalue weighted by Crippen LogP contribution is 2.14. The second-order valence-electron chi connectivity index (χ2n) is 2.98. The molecule has 1 aromatic carbocycles. The molecule has 5 heteroatoms. The van der Waals surface area contributed by atoms with Gasteiger partial charge in [-0.15, -0.1) is 0 Å². The number of carbonyl (C=O) groups excluding carboxylic acids is 1. The number of carbonyl (C=O) groups is 1. The first-order chi connectivity index (χ1) is 7.17. The van der Waals surface area contributed by atoms with Gasteiger partial charge >= 0.3 is 0 Å². The second kappa shape index (κ2) is 5.31. The molecule has 0 aliphatic heterocycles. The van der Waals surface area contributed by atoms with Crippen LogP contribution in [0.5, 0.6) is 5.75 Å². The third-order valence-corrected chi connectivity index (χ3v) is 1.90. The summed E-state index contributed by atoms with van der Waals surface area (Å²) < 4.78 is 17.9. The van der Waals surface area contributed by atoms with E-state index in [-0.39, 0.29) is 5.82 Å². The minimum absolute atomic E-state index is 0.348. The lowest BCUT2D eigenvalue weighted by Gasteiger charge is -2.15. The van der Waals surface area contributed by atoms with Gasteiger partial charge in [-0.1, -0.05) is 6.92 Å². The Morgan fingerprint density at radius 2 is 2.13 bits per heavy atom. The summed E-state index contributed by atoms with van der Waals surface area (Å²) in [5.74, 6) is 4.67. The van der Waals surface area contributed by atoms with Crippen LogP contribution in [0, 0.1) is 5.82 Å². The van der Waals surface area contributed by atoms with E-state index in [0.29, 0.717) is 12.2 Å². The predicted molar refractivity (Wildman–Crippen MR) is 53.4 cm³/mol. The second-order valence-corrected chi connectivity index (χ2v) is 2.98. The van der Waals surface area contributed by atoms with Gasteiger partial charge in [0, 0.05) is 0 Å². The van der Waals surface area contributed by atoms with Crippen molar-refractivity contribution in [3.8, 4) is 5.75 Å². The SMILES string of the molecule is CC[C@H](Oc1ccc(F)cc1)C(=O)NN. The summed E-state index contributed by atoms with van der Waals surface area (Å²) in [5.41, 5.74) is 2.01. The molecule has 0 spiro atoms. The number of nitrogens with one attached hydrogen (secondary N) is 1. The van der Waals surface area contributed by atoms with E-state index in [0.717, 1.165) is 0 Å². The van der Waals surface area contributed by atoms with E-state index in [1.165, 1.54) is 24.3 Å². The van der Waals surface area contributed by atoms with Crippen molar-refractivity contribution >= 4 is 5.91 Å². The standard InChI is InChI=1S/C10H13FN2O2/c1-2-9(10(14)13-12)15-8-5-3-7(11)4-6-8/h3-6,9H,2,12H2,1H3,(H,13,14)/t9-/m0/s1. The van der Waals surface area contributed by atoms with Crippen LogP contribution in [0.15, 0.2) is 24.3 Å². The molecule has 1 atom stereocenters. The maximum atomic E-state index is 12.6. The van der Waals surface area contributed by atoms with Gasteiger partial charge in [-0.25, -0.2) is 10.2 Å². The summed E-state index contributed by atoms with van der Waals surface area (Å²) in [6, 6.07) is 5.45. The zero-order chi connectivity index (χ0) is 11.3. The smallest absolute Gasteiger partial charge is 0.274 e. The van der Waals surface area contributed by atoms with Crippen molar-refractivity contribution in [2.24, 2.45) is 5.84 Å². The van der Waals surface area contributed by atoms with Crippen LogP contribution in [0.3, 0.4) is 0 Å². The molecule has 0 aromatic heterocycles. The van der Waals surface area contributed by atoms with Crippen LogP contribution in [0.4, 0.5) is 4.39 Å². The molecule has 1 rings (SSSR count). The lowest BCUT2D eigenvalue weighted by Crippen LogP contribution is -2.41. The number of hydrazine groups is 1. The lowest BCUT2D eigenvalue weighted by atomic mass is 10.2. The van der Waals surface area contributed by atoms with Crippen molar-refractivity contribution in [1.29, 1.82) is 0 Å². The van der Waals surface area contributed by atoms with Crippen LogP contribution in [-0.4, -0.2) is 12.0 Å². The van der Waals surface area contributed by atoms with Gasteiger partial charge in [0.2, 0.25) is 0 Å². The lowest BCUT2D eigenvalue weighted by molar-refractivity contribution is -0.128. The van der Waals surface area contributed by atoms with Crippen molar-refractivity contribution < 1.29 is 13.9 Å². The Bertz CT molecular complexity index is 327. The molecule has 15 heavy (non-hydrogen) atoms. The largest absolute Gasteiger partial charge is 0.481 e. The third kappa shape index (κ3) is 3.21. The highest BCUT2D eigenvalue weighted by atomic mass is 19.1. The quantitative estimate of drug-likeness (QED) is 0.444. The van der Waals surface area contributed by atoms with E-state index < -0.39 is 12.0 Å². The zero-order valence-corrected chi connectivity index (χ0v) is 8.37. The van der Waals surface area contributed by atoms with E-state index in [9.17, 15) is 9.18 Å². The number of rotatable bonds is 4. The zero-order valence-electron chi connectivity index (χ0n) is 8.37. The first kappa shape index (κ1) is 11.5. The molecule has 1 aromatic rings. The van der Waals surface area contributed by atoms with Crippen LogP contribution in [0.25, 0.3) is 0 Å². The molecule has 0 fully saturated rings. The number of amides is 1. The summed E-state index contributed by atoms with van der Waals surface area (Å²) in [6.07, 6.45) is -0.166. The monoisotopic (exact) mass is 212 g/mol. The van der Waals surface area contributed by atoms with Crippen LogP contribution in [0.1, 0.15) is 13.3 Å². The van der Waals surface area contributed by atoms with E-state index in [1.54, 1.807) is 6.92 Å². The summed E-state index contributed by atoms with van der Waals surface area (Å²) in [7, 11) is 0. The number of hydrogen-bond acceptors (Lipinski definition) is 3. The van der Waals surface area contributed by atoms with Gasteiger partial charge in [0.05, 0.1) is 0 Å². The molecule has 1 amide bonds. The molecule has 82 valence electrons. The summed E-state index contributed by atoms with van der Waals surface area (Å²) >= 11 is 0. The third-order valence-electron chi connectivity index (χ3n) is 1.90. The van der Waals surface area contributed by atoms with Crippen LogP contribution >= 0.6 is 0 Å². The first-order valence-electron chi connectivity index (χ1n) is 4.60. The average molecular weight is 212 g/mol. The van der Waals surface area contributed by atoms with Crippen LogP contribution < -0.4 is 16.0 Å². The number of halogens is 1. The maximum absolute atomic E-state index is 12.6.